The summed E-state index contributed by atoms with van der Waals surface area (Å²) < 4.78 is 13.3. The maximum atomic E-state index is 13.3. The van der Waals surface area contributed by atoms with E-state index in [-0.39, 0.29) is 5.11 Å². The summed E-state index contributed by atoms with van der Waals surface area (Å²) in [6.45, 7) is 3.94. The van der Waals surface area contributed by atoms with Gasteiger partial charge < -0.3 is 10.6 Å². The summed E-state index contributed by atoms with van der Waals surface area (Å²) in [6, 6.07) is 9.40. The summed E-state index contributed by atoms with van der Waals surface area (Å²) in [4.78, 5) is 9.94. The minimum atomic E-state index is -0.885. The number of thiocarbonyl (C=S) groups is 1. The second-order valence-electron chi connectivity index (χ2n) is 4.88. The largest absolute Gasteiger partial charge is 0.332 e. The molecule has 0 saturated carbocycles. The summed E-state index contributed by atoms with van der Waals surface area (Å²) >= 11 is 5.16. The van der Waals surface area contributed by atoms with Gasteiger partial charge in [-0.3, -0.25) is 10.1 Å². The number of nitrogens with zero attached hydrogens (tertiary/aromatic N) is 1. The Hall–Kier alpha value is -2.54. The Kier molecular flexibility index (Phi) is 4.67. The van der Waals surface area contributed by atoms with Crippen molar-refractivity contribution >= 4 is 34.4 Å². The van der Waals surface area contributed by atoms with Crippen LogP contribution in [0, 0.1) is 29.8 Å². The number of nitro benzene ring substituents is 1. The molecule has 0 saturated heterocycles. The third-order valence-corrected chi connectivity index (χ3v) is 3.08. The third-order valence-electron chi connectivity index (χ3n) is 2.88. The molecular formula is C15H14FN3O2S. The molecule has 114 valence electrons. The summed E-state index contributed by atoms with van der Waals surface area (Å²) in [7, 11) is 0. The minimum Gasteiger partial charge on any atom is -0.332 e. The first-order valence-corrected chi connectivity index (χ1v) is 6.86. The minimum absolute atomic E-state index is 0.269. The van der Waals surface area contributed by atoms with Crippen LogP contribution >= 0.6 is 12.2 Å². The number of hydrogen-bond donors (Lipinski definition) is 2. The molecule has 0 aliphatic carbocycles. The van der Waals surface area contributed by atoms with Crippen molar-refractivity contribution in [1.82, 2.24) is 0 Å². The summed E-state index contributed by atoms with van der Waals surface area (Å²) in [5.74, 6) is -0.885. The molecule has 0 aliphatic rings. The van der Waals surface area contributed by atoms with E-state index in [2.05, 4.69) is 10.6 Å². The molecule has 22 heavy (non-hydrogen) atoms. The van der Waals surface area contributed by atoms with Gasteiger partial charge in [0.1, 0.15) is 0 Å². The predicted molar refractivity (Wildman–Crippen MR) is 88.8 cm³/mol. The topological polar surface area (TPSA) is 67.2 Å². The fraction of sp³-hybridized carbons (Fsp3) is 0.133. The van der Waals surface area contributed by atoms with Crippen molar-refractivity contribution < 1.29 is 9.31 Å². The van der Waals surface area contributed by atoms with E-state index in [0.717, 1.165) is 28.9 Å². The van der Waals surface area contributed by atoms with Crippen LogP contribution in [0.1, 0.15) is 11.1 Å². The van der Waals surface area contributed by atoms with E-state index in [9.17, 15) is 14.5 Å². The molecule has 0 amide bonds. The van der Waals surface area contributed by atoms with E-state index in [1.807, 2.05) is 32.0 Å². The Balaban J connectivity index is 2.12. The molecule has 0 bridgehead atoms. The molecule has 2 rings (SSSR count). The van der Waals surface area contributed by atoms with Crippen molar-refractivity contribution in [3.63, 3.8) is 0 Å². The van der Waals surface area contributed by atoms with Crippen molar-refractivity contribution in [2.24, 2.45) is 0 Å². The van der Waals surface area contributed by atoms with Crippen molar-refractivity contribution in [3.05, 3.63) is 63.5 Å². The quantitative estimate of drug-likeness (QED) is 0.505. The lowest BCUT2D eigenvalue weighted by molar-refractivity contribution is -0.387. The molecule has 0 unspecified atom stereocenters. The fourth-order valence-electron chi connectivity index (χ4n) is 2.07. The van der Waals surface area contributed by atoms with Crippen LogP contribution in [0.25, 0.3) is 0 Å². The molecule has 5 nitrogen and oxygen atoms in total. The zero-order chi connectivity index (χ0) is 16.3. The van der Waals surface area contributed by atoms with Crippen LogP contribution in [0.4, 0.5) is 21.5 Å². The van der Waals surface area contributed by atoms with E-state index < -0.39 is 16.4 Å². The fourth-order valence-corrected chi connectivity index (χ4v) is 2.31. The predicted octanol–water partition coefficient (Wildman–Crippen LogP) is 4.16. The molecule has 2 N–H and O–H groups in total. The van der Waals surface area contributed by atoms with Crippen LogP contribution in [-0.4, -0.2) is 10.0 Å². The van der Waals surface area contributed by atoms with Gasteiger partial charge >= 0.3 is 5.69 Å². The number of benzene rings is 2. The van der Waals surface area contributed by atoms with Crippen molar-refractivity contribution in [2.45, 2.75) is 13.8 Å². The average Bonchev–Trinajstić information content (AvgIpc) is 2.39. The van der Waals surface area contributed by atoms with Crippen molar-refractivity contribution in [2.75, 3.05) is 10.6 Å². The Morgan fingerprint density at radius 1 is 1.09 bits per heavy atom. The van der Waals surface area contributed by atoms with Crippen molar-refractivity contribution in [3.8, 4) is 0 Å². The molecule has 0 aliphatic heterocycles. The second kappa shape index (κ2) is 6.48. The summed E-state index contributed by atoms with van der Waals surface area (Å²) in [6.07, 6.45) is 0. The van der Waals surface area contributed by atoms with Crippen LogP contribution in [0.3, 0.4) is 0 Å². The van der Waals surface area contributed by atoms with E-state index in [4.69, 9.17) is 12.2 Å². The van der Waals surface area contributed by atoms with Crippen LogP contribution in [0.5, 0.6) is 0 Å². The van der Waals surface area contributed by atoms with E-state index in [1.54, 1.807) is 0 Å². The van der Waals surface area contributed by atoms with Gasteiger partial charge in [0.25, 0.3) is 0 Å². The maximum Gasteiger partial charge on any atom is 0.306 e. The van der Waals surface area contributed by atoms with Gasteiger partial charge in [-0.05, 0) is 61.5 Å². The van der Waals surface area contributed by atoms with Crippen LogP contribution in [0.2, 0.25) is 0 Å². The summed E-state index contributed by atoms with van der Waals surface area (Å²) in [5.41, 5.74) is 2.73. The lowest BCUT2D eigenvalue weighted by Gasteiger charge is -2.12. The smallest absolute Gasteiger partial charge is 0.306 e. The standard InChI is InChI=1S/C15H14FN3O2S/c1-9-5-10(2)7-12(6-9)18-15(22)17-11-3-4-13(16)14(8-11)19(20)21/h3-8H,1-2H3,(H2,17,18,22). The van der Waals surface area contributed by atoms with Gasteiger partial charge in [-0.15, -0.1) is 0 Å². The van der Waals surface area contributed by atoms with E-state index >= 15 is 0 Å². The number of aryl methyl sites for hydroxylation is 2. The monoisotopic (exact) mass is 319 g/mol. The van der Waals surface area contributed by atoms with Gasteiger partial charge in [-0.25, -0.2) is 0 Å². The van der Waals surface area contributed by atoms with Gasteiger partial charge in [-0.1, -0.05) is 6.07 Å². The SMILES string of the molecule is Cc1cc(C)cc(NC(=S)Nc2ccc(F)c([N+](=O)[O-])c2)c1. The van der Waals surface area contributed by atoms with Crippen LogP contribution in [-0.2, 0) is 0 Å². The first-order valence-electron chi connectivity index (χ1n) is 6.45. The first kappa shape index (κ1) is 15.8. The average molecular weight is 319 g/mol. The Labute approximate surface area is 132 Å². The highest BCUT2D eigenvalue weighted by molar-refractivity contribution is 7.80. The number of halogens is 1. The molecule has 0 heterocycles. The molecule has 0 aromatic heterocycles. The highest BCUT2D eigenvalue weighted by Crippen LogP contribution is 2.22. The van der Waals surface area contributed by atoms with Gasteiger partial charge in [0.15, 0.2) is 5.11 Å². The van der Waals surface area contributed by atoms with Gasteiger partial charge in [0.2, 0.25) is 5.82 Å². The van der Waals surface area contributed by atoms with Crippen molar-refractivity contribution in [1.29, 1.82) is 0 Å². The number of rotatable bonds is 3. The number of anilines is 2. The third kappa shape index (κ3) is 3.98. The molecule has 0 fully saturated rings. The second-order valence-corrected chi connectivity index (χ2v) is 5.29. The Morgan fingerprint density at radius 2 is 1.68 bits per heavy atom. The molecule has 0 radical (unpaired) electrons. The van der Waals surface area contributed by atoms with Gasteiger partial charge in [-0.2, -0.15) is 4.39 Å². The molecule has 2 aromatic carbocycles. The highest BCUT2D eigenvalue weighted by Gasteiger charge is 2.14. The van der Waals surface area contributed by atoms with E-state index in [1.165, 1.54) is 6.07 Å². The van der Waals surface area contributed by atoms with Gasteiger partial charge in [0.05, 0.1) is 4.92 Å². The number of nitro groups is 1. The zero-order valence-corrected chi connectivity index (χ0v) is 12.8. The normalized spacial score (nSPS) is 10.1. The highest BCUT2D eigenvalue weighted by atomic mass is 32.1. The number of nitrogens with one attached hydrogen (secondary N) is 2. The Morgan fingerprint density at radius 3 is 2.27 bits per heavy atom. The van der Waals surface area contributed by atoms with E-state index in [0.29, 0.717) is 5.69 Å². The lowest BCUT2D eigenvalue weighted by Crippen LogP contribution is -2.19. The Bertz CT molecular complexity index is 729. The summed E-state index contributed by atoms with van der Waals surface area (Å²) in [5, 5.41) is 16.8. The molecule has 0 atom stereocenters. The molecular weight excluding hydrogens is 305 g/mol. The zero-order valence-electron chi connectivity index (χ0n) is 12.0. The molecule has 7 heteroatoms. The first-order chi connectivity index (χ1) is 10.3. The van der Waals surface area contributed by atoms with Crippen LogP contribution in [0.15, 0.2) is 36.4 Å². The number of hydrogen-bond acceptors (Lipinski definition) is 3. The lowest BCUT2D eigenvalue weighted by atomic mass is 10.1. The van der Waals surface area contributed by atoms with Gasteiger partial charge in [0, 0.05) is 17.4 Å². The molecule has 2 aromatic rings. The molecule has 0 spiro atoms. The maximum absolute atomic E-state index is 13.3. The van der Waals surface area contributed by atoms with Crippen LogP contribution < -0.4 is 10.6 Å².